The van der Waals surface area contributed by atoms with Crippen molar-refractivity contribution < 1.29 is 9.90 Å². The van der Waals surface area contributed by atoms with E-state index in [0.717, 1.165) is 31.4 Å². The van der Waals surface area contributed by atoms with Crippen LogP contribution in [0.4, 0.5) is 5.69 Å². The number of anilines is 1. The van der Waals surface area contributed by atoms with Gasteiger partial charge in [-0.05, 0) is 37.1 Å². The highest BCUT2D eigenvalue weighted by Crippen LogP contribution is 2.23. The average molecular weight is 303 g/mol. The highest BCUT2D eigenvalue weighted by atomic mass is 16.3. The monoisotopic (exact) mass is 303 g/mol. The third-order valence-corrected chi connectivity index (χ3v) is 4.61. The van der Waals surface area contributed by atoms with E-state index in [-0.39, 0.29) is 17.6 Å². The van der Waals surface area contributed by atoms with Gasteiger partial charge in [0.15, 0.2) is 0 Å². The van der Waals surface area contributed by atoms with Crippen molar-refractivity contribution in [3.63, 3.8) is 0 Å². The molecule has 0 radical (unpaired) electrons. The summed E-state index contributed by atoms with van der Waals surface area (Å²) < 4.78 is 0. The number of rotatable bonds is 2. The smallest absolute Gasteiger partial charge is 0.227 e. The van der Waals surface area contributed by atoms with Crippen molar-refractivity contribution in [3.8, 4) is 5.75 Å². The predicted molar refractivity (Wildman–Crippen MR) is 91.0 cm³/mol. The maximum absolute atomic E-state index is 12.5. The number of phenols is 1. The zero-order valence-corrected chi connectivity index (χ0v) is 13.5. The van der Waals surface area contributed by atoms with Gasteiger partial charge in [0.25, 0.3) is 0 Å². The van der Waals surface area contributed by atoms with E-state index in [9.17, 15) is 9.90 Å². The van der Waals surface area contributed by atoms with Gasteiger partial charge in [-0.2, -0.15) is 0 Å². The van der Waals surface area contributed by atoms with Crippen molar-refractivity contribution in [2.24, 2.45) is 5.92 Å². The van der Waals surface area contributed by atoms with Gasteiger partial charge in [0, 0.05) is 11.6 Å². The van der Waals surface area contributed by atoms with Crippen LogP contribution in [0.1, 0.15) is 70.6 Å². The third kappa shape index (κ3) is 6.08. The minimum atomic E-state index is 0.133. The molecule has 22 heavy (non-hydrogen) atoms. The number of benzene rings is 1. The Morgan fingerprint density at radius 3 is 1.77 bits per heavy atom. The maximum atomic E-state index is 12.5. The quantitative estimate of drug-likeness (QED) is 0.733. The van der Waals surface area contributed by atoms with E-state index >= 15 is 0 Å². The Morgan fingerprint density at radius 2 is 1.27 bits per heavy atom. The molecular formula is C19H29NO2. The van der Waals surface area contributed by atoms with Gasteiger partial charge in [-0.15, -0.1) is 0 Å². The predicted octanol–water partition coefficient (Wildman–Crippen LogP) is 5.25. The van der Waals surface area contributed by atoms with Gasteiger partial charge in [0.2, 0.25) is 5.91 Å². The summed E-state index contributed by atoms with van der Waals surface area (Å²) in [5.74, 6) is 0.500. The van der Waals surface area contributed by atoms with Crippen LogP contribution in [0, 0.1) is 5.92 Å². The molecule has 2 rings (SSSR count). The molecule has 1 aromatic rings. The van der Waals surface area contributed by atoms with Crippen LogP contribution in [0.15, 0.2) is 24.3 Å². The fraction of sp³-hybridized carbons (Fsp3) is 0.632. The first-order valence-electron chi connectivity index (χ1n) is 8.85. The Bertz CT molecular complexity index is 429. The first-order chi connectivity index (χ1) is 10.8. The molecule has 1 aliphatic carbocycles. The first kappa shape index (κ1) is 16.9. The molecular weight excluding hydrogens is 274 g/mol. The molecule has 0 heterocycles. The van der Waals surface area contributed by atoms with Crippen molar-refractivity contribution in [2.45, 2.75) is 70.6 Å². The van der Waals surface area contributed by atoms with Crippen LogP contribution in [-0.4, -0.2) is 11.0 Å². The molecule has 2 N–H and O–H groups in total. The Balaban J connectivity index is 1.87. The fourth-order valence-electron chi connectivity index (χ4n) is 3.21. The second-order valence-corrected chi connectivity index (χ2v) is 6.49. The van der Waals surface area contributed by atoms with Crippen molar-refractivity contribution in [1.29, 1.82) is 0 Å². The minimum Gasteiger partial charge on any atom is -0.508 e. The van der Waals surface area contributed by atoms with Crippen molar-refractivity contribution in [3.05, 3.63) is 24.3 Å². The van der Waals surface area contributed by atoms with Crippen LogP contribution in [0.5, 0.6) is 5.75 Å². The molecule has 122 valence electrons. The van der Waals surface area contributed by atoms with Crippen LogP contribution in [0.25, 0.3) is 0 Å². The summed E-state index contributed by atoms with van der Waals surface area (Å²) in [5, 5.41) is 12.3. The second kappa shape index (κ2) is 9.50. The van der Waals surface area contributed by atoms with Crippen molar-refractivity contribution in [2.75, 3.05) is 5.32 Å². The van der Waals surface area contributed by atoms with Crippen LogP contribution in [-0.2, 0) is 4.79 Å². The lowest BCUT2D eigenvalue weighted by atomic mass is 9.92. The summed E-state index contributed by atoms with van der Waals surface area (Å²) in [5.41, 5.74) is 0.772. The van der Waals surface area contributed by atoms with E-state index in [1.54, 1.807) is 24.3 Å². The van der Waals surface area contributed by atoms with Crippen LogP contribution in [0.3, 0.4) is 0 Å². The number of nitrogens with one attached hydrogen (secondary N) is 1. The average Bonchev–Trinajstić information content (AvgIpc) is 2.50. The highest BCUT2D eigenvalue weighted by molar-refractivity contribution is 5.92. The van der Waals surface area contributed by atoms with Gasteiger partial charge < -0.3 is 10.4 Å². The molecule has 0 aliphatic heterocycles. The lowest BCUT2D eigenvalue weighted by Crippen LogP contribution is -2.23. The van der Waals surface area contributed by atoms with E-state index in [0.29, 0.717) is 0 Å². The molecule has 1 fully saturated rings. The van der Waals surface area contributed by atoms with E-state index in [4.69, 9.17) is 0 Å². The van der Waals surface area contributed by atoms with Crippen LogP contribution in [0.2, 0.25) is 0 Å². The van der Waals surface area contributed by atoms with Gasteiger partial charge in [0.1, 0.15) is 5.75 Å². The van der Waals surface area contributed by atoms with E-state index in [2.05, 4.69) is 5.32 Å². The van der Waals surface area contributed by atoms with Crippen molar-refractivity contribution in [1.82, 2.24) is 0 Å². The van der Waals surface area contributed by atoms with Crippen LogP contribution >= 0.6 is 0 Å². The van der Waals surface area contributed by atoms with Gasteiger partial charge in [-0.3, -0.25) is 4.79 Å². The molecule has 0 atom stereocenters. The summed E-state index contributed by atoms with van der Waals surface area (Å²) >= 11 is 0. The fourth-order valence-corrected chi connectivity index (χ4v) is 3.21. The summed E-state index contributed by atoms with van der Waals surface area (Å²) in [6, 6.07) is 6.72. The van der Waals surface area contributed by atoms with E-state index in [1.807, 2.05) is 0 Å². The maximum Gasteiger partial charge on any atom is 0.227 e. The normalized spacial score (nSPS) is 18.9. The lowest BCUT2D eigenvalue weighted by molar-refractivity contribution is -0.120. The lowest BCUT2D eigenvalue weighted by Gasteiger charge is -2.17. The van der Waals surface area contributed by atoms with E-state index < -0.39 is 0 Å². The second-order valence-electron chi connectivity index (χ2n) is 6.49. The van der Waals surface area contributed by atoms with Crippen LogP contribution < -0.4 is 5.32 Å². The molecule has 0 saturated heterocycles. The number of phenolic OH excluding ortho intramolecular Hbond substituents is 1. The zero-order valence-electron chi connectivity index (χ0n) is 13.5. The minimum absolute atomic E-state index is 0.133. The number of aromatic hydroxyl groups is 1. The molecule has 1 aliphatic rings. The molecule has 0 unspecified atom stereocenters. The van der Waals surface area contributed by atoms with Gasteiger partial charge in [0.05, 0.1) is 0 Å². The Labute approximate surface area is 134 Å². The molecule has 3 heteroatoms. The topological polar surface area (TPSA) is 49.3 Å². The van der Waals surface area contributed by atoms with E-state index in [1.165, 1.54) is 44.9 Å². The third-order valence-electron chi connectivity index (χ3n) is 4.61. The van der Waals surface area contributed by atoms with Gasteiger partial charge in [-0.25, -0.2) is 0 Å². The molecule has 0 bridgehead atoms. The zero-order chi connectivity index (χ0) is 15.6. The number of carbonyl (C=O) groups is 1. The summed E-state index contributed by atoms with van der Waals surface area (Å²) in [4.78, 5) is 12.5. The number of hydrogen-bond acceptors (Lipinski definition) is 2. The largest absolute Gasteiger partial charge is 0.508 e. The van der Waals surface area contributed by atoms with Gasteiger partial charge >= 0.3 is 0 Å². The molecule has 0 aromatic heterocycles. The standard InChI is InChI=1S/C19H29NO2/c21-18-14-12-17(13-15-18)20-19(22)16-10-8-6-4-2-1-3-5-7-9-11-16/h12-16,21H,1-11H2,(H,20,22). The SMILES string of the molecule is O=C(Nc1ccc(O)cc1)C1CCCCCCCCCCC1. The summed E-state index contributed by atoms with van der Waals surface area (Å²) in [7, 11) is 0. The Morgan fingerprint density at radius 1 is 0.818 bits per heavy atom. The van der Waals surface area contributed by atoms with Crippen molar-refractivity contribution >= 4 is 11.6 Å². The number of hydrogen-bond donors (Lipinski definition) is 2. The Hall–Kier alpha value is -1.51. The molecule has 3 nitrogen and oxygen atoms in total. The number of carbonyl (C=O) groups excluding carboxylic acids is 1. The Kier molecular flexibility index (Phi) is 7.27. The molecule has 1 aromatic carbocycles. The molecule has 1 saturated carbocycles. The highest BCUT2D eigenvalue weighted by Gasteiger charge is 2.18. The summed E-state index contributed by atoms with van der Waals surface area (Å²) in [6.45, 7) is 0. The first-order valence-corrected chi connectivity index (χ1v) is 8.85. The number of amides is 1. The van der Waals surface area contributed by atoms with Gasteiger partial charge in [-0.1, -0.05) is 57.8 Å². The molecule has 0 spiro atoms. The molecule has 1 amide bonds. The summed E-state index contributed by atoms with van der Waals surface area (Å²) in [6.07, 6.45) is 13.5.